The fourth-order valence-electron chi connectivity index (χ4n) is 12.6. The zero-order chi connectivity index (χ0) is 44.3. The Kier molecular flexibility index (Phi) is 7.08. The predicted octanol–water partition coefficient (Wildman–Crippen LogP) is 16.3. The van der Waals surface area contributed by atoms with E-state index in [1.54, 1.807) is 0 Å². The summed E-state index contributed by atoms with van der Waals surface area (Å²) >= 11 is 3.87. The highest BCUT2D eigenvalue weighted by molar-refractivity contribution is 7.26. The Bertz CT molecular complexity index is 4170. The van der Waals surface area contributed by atoms with Crippen molar-refractivity contribution < 1.29 is 4.42 Å². The molecule has 1 aliphatic carbocycles. The van der Waals surface area contributed by atoms with Gasteiger partial charge in [0.1, 0.15) is 11.2 Å². The maximum atomic E-state index is 6.90. The Labute approximate surface area is 392 Å². The summed E-state index contributed by atoms with van der Waals surface area (Å²) in [4.78, 5) is 2.71. The van der Waals surface area contributed by atoms with Crippen molar-refractivity contribution in [1.82, 2.24) is 4.57 Å². The summed E-state index contributed by atoms with van der Waals surface area (Å²) in [5, 5.41) is 10.1. The molecule has 0 unspecified atom stereocenters. The molecule has 2 aliphatic heterocycles. The molecular formula is C60H47BN2OS2. The Morgan fingerprint density at radius 1 is 0.561 bits per heavy atom. The van der Waals surface area contributed by atoms with Gasteiger partial charge in [0.05, 0.1) is 16.4 Å². The molecule has 4 aromatic heterocycles. The molecule has 15 rings (SSSR count). The minimum absolute atomic E-state index is 0.0363. The van der Waals surface area contributed by atoms with E-state index in [9.17, 15) is 0 Å². The van der Waals surface area contributed by atoms with E-state index in [2.05, 4.69) is 191 Å². The highest BCUT2D eigenvalue weighted by Crippen LogP contribution is 2.53. The van der Waals surface area contributed by atoms with Crippen molar-refractivity contribution in [3.8, 4) is 16.8 Å². The number of aromatic nitrogens is 1. The molecule has 0 spiro atoms. The average Bonchev–Trinajstić information content (AvgIpc) is 4.06. The predicted molar refractivity (Wildman–Crippen MR) is 287 cm³/mol. The van der Waals surface area contributed by atoms with Gasteiger partial charge in [0.2, 0.25) is 0 Å². The van der Waals surface area contributed by atoms with Crippen LogP contribution in [0.3, 0.4) is 0 Å². The van der Waals surface area contributed by atoms with Gasteiger partial charge in [-0.25, -0.2) is 0 Å². The number of para-hydroxylation sites is 1. The van der Waals surface area contributed by atoms with Gasteiger partial charge in [-0.2, -0.15) is 0 Å². The van der Waals surface area contributed by atoms with Gasteiger partial charge in [0.25, 0.3) is 0 Å². The van der Waals surface area contributed by atoms with Crippen LogP contribution in [-0.2, 0) is 16.2 Å². The minimum atomic E-state index is -0.0848. The van der Waals surface area contributed by atoms with Crippen molar-refractivity contribution in [3.63, 3.8) is 0 Å². The third-order valence-electron chi connectivity index (χ3n) is 16.2. The quantitative estimate of drug-likeness (QED) is 0.153. The van der Waals surface area contributed by atoms with Crippen LogP contribution in [0.15, 0.2) is 138 Å². The number of thiophene rings is 2. The Balaban J connectivity index is 1.11. The molecule has 8 aromatic carbocycles. The van der Waals surface area contributed by atoms with E-state index in [1.807, 2.05) is 22.7 Å². The van der Waals surface area contributed by atoms with Gasteiger partial charge in [-0.05, 0) is 129 Å². The van der Waals surface area contributed by atoms with Gasteiger partial charge in [0, 0.05) is 79.1 Å². The van der Waals surface area contributed by atoms with Crippen molar-refractivity contribution in [3.05, 3.63) is 150 Å². The summed E-state index contributed by atoms with van der Waals surface area (Å²) < 4.78 is 14.9. The first kappa shape index (κ1) is 37.8. The highest BCUT2D eigenvalue weighted by atomic mass is 32.1. The normalized spacial score (nSPS) is 16.2. The number of rotatable bonds is 1. The Morgan fingerprint density at radius 2 is 1.21 bits per heavy atom. The topological polar surface area (TPSA) is 21.3 Å². The number of benzene rings is 8. The van der Waals surface area contributed by atoms with Crippen molar-refractivity contribution >= 4 is 136 Å². The van der Waals surface area contributed by atoms with E-state index in [-0.39, 0.29) is 23.1 Å². The summed E-state index contributed by atoms with van der Waals surface area (Å²) in [5.41, 5.74) is 18.1. The molecule has 0 amide bonds. The zero-order valence-corrected chi connectivity index (χ0v) is 39.9. The van der Waals surface area contributed by atoms with Gasteiger partial charge in [-0.1, -0.05) is 115 Å². The molecule has 0 fully saturated rings. The van der Waals surface area contributed by atoms with Crippen LogP contribution in [0.1, 0.15) is 78.0 Å². The van der Waals surface area contributed by atoms with E-state index in [1.165, 1.54) is 131 Å². The van der Waals surface area contributed by atoms with E-state index in [4.69, 9.17) is 4.42 Å². The van der Waals surface area contributed by atoms with Gasteiger partial charge < -0.3 is 13.8 Å². The summed E-state index contributed by atoms with van der Waals surface area (Å²) in [7, 11) is 0. The number of furan rings is 1. The summed E-state index contributed by atoms with van der Waals surface area (Å²) in [5.74, 6) is 0. The molecule has 0 atom stereocenters. The molecule has 6 heteroatoms. The lowest BCUT2D eigenvalue weighted by Gasteiger charge is -2.42. The SMILES string of the molecule is CC(C)(C)c1ccc(N2B3c4cc5c(cc4-n4c6ccc7c8ccccc8oc7c6c6ccc(c3c64)-c3cc4c(cc32)sc2cc3c(cc24)C(C)(C)CCC3(C)C)sc2ccccc25)cc1. The lowest BCUT2D eigenvalue weighted by atomic mass is 9.44. The Morgan fingerprint density at radius 3 is 2.00 bits per heavy atom. The standard InChI is InChI=1S/C60H47BN2OS2/c1-58(2,3)32-16-18-33(19-17-32)63-47-30-52-40(41-27-43-44(29-51(41)66-52)60(6,7)25-24-59(43,4)5)26-39(47)36-20-21-38-54-46(23-22-37-34-12-8-10-14-49(34)64-57(37)54)62-48-31-53-42(35-13-9-11-15-50(35)65-53)28-45(48)61(63)55(36)56(38)62/h8-23,26-31H,24-25H2,1-7H3. The van der Waals surface area contributed by atoms with Crippen molar-refractivity contribution in [2.24, 2.45) is 0 Å². The molecule has 12 aromatic rings. The molecule has 0 saturated carbocycles. The van der Waals surface area contributed by atoms with Crippen molar-refractivity contribution in [1.29, 1.82) is 0 Å². The molecule has 0 bridgehead atoms. The monoisotopic (exact) mass is 886 g/mol. The molecule has 6 heterocycles. The number of hydrogen-bond donors (Lipinski definition) is 0. The first-order valence-electron chi connectivity index (χ1n) is 23.6. The maximum Gasteiger partial charge on any atom is 0.333 e. The third-order valence-corrected chi connectivity index (χ3v) is 18.4. The molecule has 3 nitrogen and oxygen atoms in total. The molecule has 0 N–H and O–H groups in total. The lowest BCUT2D eigenvalue weighted by molar-refractivity contribution is 0.332. The van der Waals surface area contributed by atoms with E-state index in [0.29, 0.717) is 0 Å². The fourth-order valence-corrected chi connectivity index (χ4v) is 14.9. The average molecular weight is 887 g/mol. The zero-order valence-electron chi connectivity index (χ0n) is 38.3. The van der Waals surface area contributed by atoms with Crippen molar-refractivity contribution in [2.75, 3.05) is 4.81 Å². The first-order chi connectivity index (χ1) is 31.8. The second-order valence-corrected chi connectivity index (χ2v) is 24.1. The first-order valence-corrected chi connectivity index (χ1v) is 25.3. The smallest absolute Gasteiger partial charge is 0.333 e. The van der Waals surface area contributed by atoms with Crippen LogP contribution < -0.4 is 15.7 Å². The summed E-state index contributed by atoms with van der Waals surface area (Å²) in [6.07, 6.45) is 2.41. The summed E-state index contributed by atoms with van der Waals surface area (Å²) in [6, 6.07) is 51.8. The highest BCUT2D eigenvalue weighted by Gasteiger charge is 2.45. The molecule has 0 radical (unpaired) electrons. The van der Waals surface area contributed by atoms with Crippen LogP contribution in [0.2, 0.25) is 0 Å². The van der Waals surface area contributed by atoms with Crippen LogP contribution >= 0.6 is 22.7 Å². The second kappa shape index (κ2) is 12.4. The van der Waals surface area contributed by atoms with Gasteiger partial charge >= 0.3 is 6.85 Å². The number of anilines is 2. The fraction of sp³-hybridized carbons (Fsp3) is 0.200. The number of fused-ring (bicyclic) bond motifs is 19. The van der Waals surface area contributed by atoms with Gasteiger partial charge in [-0.15, -0.1) is 22.7 Å². The van der Waals surface area contributed by atoms with E-state index >= 15 is 0 Å². The van der Waals surface area contributed by atoms with Crippen LogP contribution in [0.4, 0.5) is 11.4 Å². The number of nitrogens with zero attached hydrogens (tertiary/aromatic N) is 2. The third kappa shape index (κ3) is 4.79. The van der Waals surface area contributed by atoms with E-state index in [0.717, 1.165) is 21.9 Å². The maximum absolute atomic E-state index is 6.90. The molecule has 0 saturated heterocycles. The molecule has 318 valence electrons. The Hall–Kier alpha value is -6.34. The molecule has 66 heavy (non-hydrogen) atoms. The number of hydrogen-bond acceptors (Lipinski definition) is 4. The van der Waals surface area contributed by atoms with Gasteiger partial charge in [0.15, 0.2) is 0 Å². The van der Waals surface area contributed by atoms with Crippen LogP contribution in [-0.4, -0.2) is 11.4 Å². The van der Waals surface area contributed by atoms with Crippen LogP contribution in [0.25, 0.3) is 101 Å². The van der Waals surface area contributed by atoms with E-state index < -0.39 is 0 Å². The largest absolute Gasteiger partial charge is 0.455 e. The second-order valence-electron chi connectivity index (χ2n) is 21.9. The van der Waals surface area contributed by atoms with Crippen molar-refractivity contribution in [2.45, 2.75) is 77.6 Å². The molecular weight excluding hydrogens is 840 g/mol. The summed E-state index contributed by atoms with van der Waals surface area (Å²) in [6.45, 7) is 16.7. The van der Waals surface area contributed by atoms with Crippen LogP contribution in [0.5, 0.6) is 0 Å². The molecule has 3 aliphatic rings. The van der Waals surface area contributed by atoms with Gasteiger partial charge in [-0.3, -0.25) is 0 Å². The minimum Gasteiger partial charge on any atom is -0.455 e. The van der Waals surface area contributed by atoms with Crippen LogP contribution in [0, 0.1) is 0 Å². The lowest BCUT2D eigenvalue weighted by Crippen LogP contribution is -2.60.